The van der Waals surface area contributed by atoms with Crippen molar-refractivity contribution in [1.82, 2.24) is 30.1 Å². The molecule has 9 heteroatoms. The van der Waals surface area contributed by atoms with Gasteiger partial charge in [0.15, 0.2) is 11.3 Å². The van der Waals surface area contributed by atoms with Crippen LogP contribution in [0.15, 0.2) is 48.7 Å². The maximum Gasteiger partial charge on any atom is 0.273 e. The van der Waals surface area contributed by atoms with Crippen molar-refractivity contribution < 1.29 is 9.59 Å². The number of anilines is 1. The minimum absolute atomic E-state index is 0.244. The van der Waals surface area contributed by atoms with Crippen molar-refractivity contribution in [3.63, 3.8) is 0 Å². The van der Waals surface area contributed by atoms with E-state index in [0.717, 1.165) is 5.52 Å². The third-order valence-electron chi connectivity index (χ3n) is 3.98. The number of rotatable bonds is 4. The molecule has 1 aromatic carbocycles. The number of carbonyl (C=O) groups excluding carboxylic acids is 2. The van der Waals surface area contributed by atoms with E-state index < -0.39 is 17.9 Å². The minimum Gasteiger partial charge on any atom is -0.339 e. The molecule has 1 atom stereocenters. The molecule has 130 valence electrons. The minimum atomic E-state index is -0.783. The van der Waals surface area contributed by atoms with Gasteiger partial charge < -0.3 is 5.32 Å². The highest BCUT2D eigenvalue weighted by Crippen LogP contribution is 2.15. The van der Waals surface area contributed by atoms with Gasteiger partial charge in [-0.15, -0.1) is 10.2 Å². The zero-order valence-electron chi connectivity index (χ0n) is 13.8. The lowest BCUT2D eigenvalue weighted by molar-refractivity contribution is -0.117. The van der Waals surface area contributed by atoms with Crippen LogP contribution in [0.3, 0.4) is 0 Å². The Labute approximate surface area is 147 Å². The molecule has 0 saturated carbocycles. The Morgan fingerprint density at radius 2 is 1.92 bits per heavy atom. The fraction of sp³-hybridized carbons (Fsp3) is 0.118. The molecule has 4 rings (SSSR count). The van der Waals surface area contributed by atoms with E-state index >= 15 is 0 Å². The van der Waals surface area contributed by atoms with Gasteiger partial charge in [0.2, 0.25) is 11.9 Å². The number of fused-ring (bicyclic) bond motifs is 2. The van der Waals surface area contributed by atoms with Gasteiger partial charge in [0.25, 0.3) is 5.91 Å². The molecule has 0 saturated heterocycles. The van der Waals surface area contributed by atoms with Crippen LogP contribution in [-0.2, 0) is 4.79 Å². The van der Waals surface area contributed by atoms with Gasteiger partial charge in [-0.3, -0.25) is 24.4 Å². The summed E-state index contributed by atoms with van der Waals surface area (Å²) in [5.41, 5.74) is 1.61. The second kappa shape index (κ2) is 6.28. The van der Waals surface area contributed by atoms with Crippen molar-refractivity contribution >= 4 is 34.3 Å². The Morgan fingerprint density at radius 3 is 2.81 bits per heavy atom. The van der Waals surface area contributed by atoms with Crippen molar-refractivity contribution in [3.8, 4) is 0 Å². The third-order valence-corrected chi connectivity index (χ3v) is 3.98. The summed E-state index contributed by atoms with van der Waals surface area (Å²) < 4.78 is 1.65. The first-order valence-corrected chi connectivity index (χ1v) is 7.98. The highest BCUT2D eigenvalue weighted by Gasteiger charge is 2.21. The van der Waals surface area contributed by atoms with Crippen LogP contribution in [-0.4, -0.2) is 42.7 Å². The quantitative estimate of drug-likeness (QED) is 0.514. The van der Waals surface area contributed by atoms with Crippen LogP contribution in [0.1, 0.15) is 17.4 Å². The first kappa shape index (κ1) is 15.8. The number of hydrogen-bond acceptors (Lipinski definition) is 5. The molecular weight excluding hydrogens is 334 g/mol. The van der Waals surface area contributed by atoms with E-state index in [2.05, 4.69) is 31.0 Å². The van der Waals surface area contributed by atoms with E-state index in [1.807, 2.05) is 24.3 Å². The highest BCUT2D eigenvalue weighted by atomic mass is 16.2. The molecule has 3 aromatic heterocycles. The van der Waals surface area contributed by atoms with Crippen LogP contribution >= 0.6 is 0 Å². The Bertz CT molecular complexity index is 1110. The number of aromatic nitrogens is 5. The summed E-state index contributed by atoms with van der Waals surface area (Å²) in [6.07, 6.45) is 1.74. The summed E-state index contributed by atoms with van der Waals surface area (Å²) in [7, 11) is 0. The standard InChI is InChI=1S/C17H15N7O2/c1-10(15(25)19-17-23-21-13-8-4-5-9-24(13)17)18-16(26)14-11-6-2-3-7-12(11)20-22-14/h2-10H,1H3,(H,18,26)(H,20,22)(H,19,23,25)/t10-/m0/s1. The summed E-state index contributed by atoms with van der Waals surface area (Å²) in [5.74, 6) is -0.551. The number of carbonyl (C=O) groups is 2. The van der Waals surface area contributed by atoms with Gasteiger partial charge in [0.1, 0.15) is 6.04 Å². The lowest BCUT2D eigenvalue weighted by Crippen LogP contribution is -2.42. The monoisotopic (exact) mass is 349 g/mol. The molecule has 0 aliphatic rings. The van der Waals surface area contributed by atoms with Gasteiger partial charge in [-0.1, -0.05) is 24.3 Å². The third kappa shape index (κ3) is 2.75. The highest BCUT2D eigenvalue weighted by molar-refractivity contribution is 6.06. The van der Waals surface area contributed by atoms with Gasteiger partial charge in [-0.25, -0.2) is 0 Å². The molecule has 0 unspecified atom stereocenters. The van der Waals surface area contributed by atoms with Crippen molar-refractivity contribution in [1.29, 1.82) is 0 Å². The molecule has 0 radical (unpaired) electrons. The van der Waals surface area contributed by atoms with E-state index in [1.165, 1.54) is 0 Å². The van der Waals surface area contributed by atoms with Crippen molar-refractivity contribution in [2.75, 3.05) is 5.32 Å². The number of nitrogens with one attached hydrogen (secondary N) is 3. The number of benzene rings is 1. The molecule has 0 bridgehead atoms. The number of H-pyrrole nitrogens is 1. The number of amides is 2. The maximum atomic E-state index is 12.4. The van der Waals surface area contributed by atoms with Gasteiger partial charge >= 0.3 is 0 Å². The van der Waals surface area contributed by atoms with Gasteiger partial charge in [-0.2, -0.15) is 5.10 Å². The Hall–Kier alpha value is -3.75. The fourth-order valence-corrected chi connectivity index (χ4v) is 2.61. The van der Waals surface area contributed by atoms with Crippen LogP contribution in [0, 0.1) is 0 Å². The average Bonchev–Trinajstić information content (AvgIpc) is 3.26. The normalized spacial score (nSPS) is 12.2. The topological polar surface area (TPSA) is 117 Å². The van der Waals surface area contributed by atoms with Crippen molar-refractivity contribution in [3.05, 3.63) is 54.4 Å². The number of hydrogen-bond donors (Lipinski definition) is 3. The van der Waals surface area contributed by atoms with Crippen molar-refractivity contribution in [2.45, 2.75) is 13.0 Å². The van der Waals surface area contributed by atoms with Crippen LogP contribution in [0.2, 0.25) is 0 Å². The summed E-state index contributed by atoms with van der Waals surface area (Å²) in [6.45, 7) is 1.59. The molecule has 3 N–H and O–H groups in total. The van der Waals surface area contributed by atoms with E-state index in [1.54, 1.807) is 35.7 Å². The van der Waals surface area contributed by atoms with E-state index in [9.17, 15) is 9.59 Å². The van der Waals surface area contributed by atoms with Crippen LogP contribution in [0.25, 0.3) is 16.6 Å². The molecule has 0 aliphatic carbocycles. The molecule has 9 nitrogen and oxygen atoms in total. The van der Waals surface area contributed by atoms with Gasteiger partial charge in [0, 0.05) is 11.6 Å². The predicted molar refractivity (Wildman–Crippen MR) is 94.6 cm³/mol. The molecule has 0 aliphatic heterocycles. The van der Waals surface area contributed by atoms with E-state index in [0.29, 0.717) is 11.0 Å². The fourth-order valence-electron chi connectivity index (χ4n) is 2.61. The second-order valence-corrected chi connectivity index (χ2v) is 5.75. The Morgan fingerprint density at radius 1 is 1.12 bits per heavy atom. The number of nitrogens with zero attached hydrogens (tertiary/aromatic N) is 4. The van der Waals surface area contributed by atoms with Crippen molar-refractivity contribution in [2.24, 2.45) is 0 Å². The number of aromatic amines is 1. The van der Waals surface area contributed by atoms with Gasteiger partial charge in [0.05, 0.1) is 5.52 Å². The average molecular weight is 349 g/mol. The molecule has 26 heavy (non-hydrogen) atoms. The largest absolute Gasteiger partial charge is 0.339 e. The van der Waals surface area contributed by atoms with Gasteiger partial charge in [-0.05, 0) is 25.1 Å². The number of para-hydroxylation sites is 1. The lowest BCUT2D eigenvalue weighted by Gasteiger charge is -2.12. The number of pyridine rings is 1. The van der Waals surface area contributed by atoms with Crippen LogP contribution in [0.4, 0.5) is 5.95 Å². The predicted octanol–water partition coefficient (Wildman–Crippen LogP) is 1.36. The second-order valence-electron chi connectivity index (χ2n) is 5.75. The molecule has 2 amide bonds. The van der Waals surface area contributed by atoms with Crippen LogP contribution in [0.5, 0.6) is 0 Å². The van der Waals surface area contributed by atoms with E-state index in [-0.39, 0.29) is 11.6 Å². The first-order valence-electron chi connectivity index (χ1n) is 7.98. The zero-order valence-corrected chi connectivity index (χ0v) is 13.8. The first-order chi connectivity index (χ1) is 12.6. The zero-order chi connectivity index (χ0) is 18.1. The molecular formula is C17H15N7O2. The lowest BCUT2D eigenvalue weighted by atomic mass is 10.2. The summed E-state index contributed by atoms with van der Waals surface area (Å²) in [4.78, 5) is 24.8. The Kier molecular flexibility index (Phi) is 3.81. The SMILES string of the molecule is C[C@H](NC(=O)c1n[nH]c2ccccc12)C(=O)Nc1nnc2ccccn12. The Balaban J connectivity index is 1.48. The maximum absolute atomic E-state index is 12.4. The van der Waals surface area contributed by atoms with E-state index in [4.69, 9.17) is 0 Å². The molecule has 3 heterocycles. The molecule has 4 aromatic rings. The summed E-state index contributed by atoms with van der Waals surface area (Å²) >= 11 is 0. The van der Waals surface area contributed by atoms with Crippen LogP contribution < -0.4 is 10.6 Å². The smallest absolute Gasteiger partial charge is 0.273 e. The summed E-state index contributed by atoms with van der Waals surface area (Å²) in [6, 6.07) is 11.9. The molecule has 0 fully saturated rings. The summed E-state index contributed by atoms with van der Waals surface area (Å²) in [5, 5.41) is 20.7. The molecule has 0 spiro atoms.